The molecule has 0 aromatic heterocycles. The van der Waals surface area contributed by atoms with Crippen molar-refractivity contribution in [2.45, 2.75) is 19.1 Å². The fourth-order valence-electron chi connectivity index (χ4n) is 1.66. The molecule has 0 fully saturated rings. The monoisotopic (exact) mass is 287 g/mol. The Morgan fingerprint density at radius 3 is 2.35 bits per heavy atom. The van der Waals surface area contributed by atoms with Crippen molar-refractivity contribution in [3.8, 4) is 11.5 Å². The number of carbonyl (C=O) groups excluding carboxylic acids is 1. The Morgan fingerprint density at radius 1 is 1.30 bits per heavy atom. The maximum Gasteiger partial charge on any atom is 0.216 e. The van der Waals surface area contributed by atoms with Crippen LogP contribution in [-0.4, -0.2) is 43.0 Å². The molecule has 0 aliphatic rings. The zero-order chi connectivity index (χ0) is 15.3. The van der Waals surface area contributed by atoms with Crippen LogP contribution in [0.3, 0.4) is 0 Å². The maximum absolute atomic E-state index is 13.9. The molecule has 6 nitrogen and oxygen atoms in total. The summed E-state index contributed by atoms with van der Waals surface area (Å²) in [6.45, 7) is 1.08. The molecule has 1 aromatic carbocycles. The van der Waals surface area contributed by atoms with E-state index in [4.69, 9.17) is 9.47 Å². The number of ether oxygens (including phenoxy) is 2. The third kappa shape index (κ3) is 3.82. The fraction of sp³-hybridized carbons (Fsp3) is 0.462. The van der Waals surface area contributed by atoms with Gasteiger partial charge in [-0.15, -0.1) is 0 Å². The van der Waals surface area contributed by atoms with Gasteiger partial charge in [-0.3, -0.25) is 4.79 Å². The quantitative estimate of drug-likeness (QED) is 0.703. The van der Waals surface area contributed by atoms with Crippen LogP contribution in [0.1, 0.15) is 18.6 Å². The van der Waals surface area contributed by atoms with E-state index in [9.17, 15) is 19.4 Å². The van der Waals surface area contributed by atoms with Crippen LogP contribution in [0.2, 0.25) is 0 Å². The second kappa shape index (κ2) is 7.06. The number of amides is 1. The average molecular weight is 287 g/mol. The Kier molecular flexibility index (Phi) is 5.72. The first-order valence-corrected chi connectivity index (χ1v) is 5.92. The number of methoxy groups -OCH3 is 2. The number of aliphatic hydroxyl groups excluding tert-OH is 2. The number of aliphatic hydroxyl groups is 2. The maximum atomic E-state index is 13.9. The number of rotatable bonds is 6. The number of carbonyl (C=O) groups is 1. The second-order valence-corrected chi connectivity index (χ2v) is 4.18. The third-order valence-electron chi connectivity index (χ3n) is 2.75. The molecule has 1 amide bonds. The van der Waals surface area contributed by atoms with Crippen molar-refractivity contribution < 1.29 is 28.9 Å². The van der Waals surface area contributed by atoms with E-state index in [1.165, 1.54) is 27.2 Å². The minimum absolute atomic E-state index is 0.138. The van der Waals surface area contributed by atoms with Crippen LogP contribution >= 0.6 is 0 Å². The topological polar surface area (TPSA) is 88.0 Å². The number of nitrogens with one attached hydrogen (secondary N) is 1. The van der Waals surface area contributed by atoms with Crippen LogP contribution in [0.25, 0.3) is 0 Å². The zero-order valence-corrected chi connectivity index (χ0v) is 11.5. The zero-order valence-electron chi connectivity index (χ0n) is 11.5. The lowest BCUT2D eigenvalue weighted by atomic mass is 10.0. The first-order valence-electron chi connectivity index (χ1n) is 5.92. The predicted molar refractivity (Wildman–Crippen MR) is 69.2 cm³/mol. The summed E-state index contributed by atoms with van der Waals surface area (Å²) < 4.78 is 23.8. The molecule has 0 heterocycles. The van der Waals surface area contributed by atoms with E-state index < -0.39 is 18.0 Å². The van der Waals surface area contributed by atoms with Gasteiger partial charge in [0.25, 0.3) is 0 Å². The molecule has 1 aromatic rings. The van der Waals surface area contributed by atoms with Gasteiger partial charge in [0.15, 0.2) is 11.5 Å². The van der Waals surface area contributed by atoms with Gasteiger partial charge in [0.05, 0.1) is 14.2 Å². The van der Waals surface area contributed by atoms with E-state index in [2.05, 4.69) is 5.32 Å². The highest BCUT2D eigenvalue weighted by Crippen LogP contribution is 2.33. The summed E-state index contributed by atoms with van der Waals surface area (Å²) >= 11 is 0. The van der Waals surface area contributed by atoms with Gasteiger partial charge in [-0.2, -0.15) is 0 Å². The first-order chi connectivity index (χ1) is 9.40. The van der Waals surface area contributed by atoms with E-state index in [-0.39, 0.29) is 29.5 Å². The van der Waals surface area contributed by atoms with Crippen LogP contribution in [-0.2, 0) is 4.79 Å². The summed E-state index contributed by atoms with van der Waals surface area (Å²) in [6, 6.07) is 2.30. The summed E-state index contributed by atoms with van der Waals surface area (Å²) in [5, 5.41) is 22.0. The largest absolute Gasteiger partial charge is 0.493 e. The van der Waals surface area contributed by atoms with Crippen LogP contribution < -0.4 is 14.8 Å². The number of hydrogen-bond acceptors (Lipinski definition) is 5. The molecular formula is C13H18FNO5. The average Bonchev–Trinajstić information content (AvgIpc) is 2.43. The van der Waals surface area contributed by atoms with Crippen LogP contribution in [0.15, 0.2) is 12.1 Å². The summed E-state index contributed by atoms with van der Waals surface area (Å²) in [7, 11) is 2.73. The van der Waals surface area contributed by atoms with E-state index in [0.717, 1.165) is 6.07 Å². The highest BCUT2D eigenvalue weighted by molar-refractivity contribution is 5.72. The molecule has 2 unspecified atom stereocenters. The van der Waals surface area contributed by atoms with Crippen molar-refractivity contribution in [2.24, 2.45) is 0 Å². The number of halogens is 1. The standard InChI is InChI=1S/C13H18FNO5/c1-7(16)15-6-10(17)13(18)8-4-11(19-2)12(20-3)5-9(8)14/h4-5,10,13,17-18H,6H2,1-3H3,(H,15,16). The van der Waals surface area contributed by atoms with E-state index in [0.29, 0.717) is 0 Å². The Hall–Kier alpha value is -1.86. The van der Waals surface area contributed by atoms with Crippen LogP contribution in [0.4, 0.5) is 4.39 Å². The molecule has 112 valence electrons. The Morgan fingerprint density at radius 2 is 1.85 bits per heavy atom. The molecule has 3 N–H and O–H groups in total. The molecule has 0 spiro atoms. The van der Waals surface area contributed by atoms with Crippen molar-refractivity contribution in [3.05, 3.63) is 23.5 Å². The minimum atomic E-state index is -1.50. The highest BCUT2D eigenvalue weighted by atomic mass is 19.1. The van der Waals surface area contributed by atoms with E-state index in [1.54, 1.807) is 0 Å². The van der Waals surface area contributed by atoms with E-state index in [1.807, 2.05) is 0 Å². The van der Waals surface area contributed by atoms with Gasteiger partial charge in [0.2, 0.25) is 5.91 Å². The lowest BCUT2D eigenvalue weighted by Gasteiger charge is -2.20. The molecule has 1 rings (SSSR count). The summed E-state index contributed by atoms with van der Waals surface area (Å²) in [6.07, 6.45) is -2.84. The van der Waals surface area contributed by atoms with Gasteiger partial charge in [-0.1, -0.05) is 0 Å². The summed E-state index contributed by atoms with van der Waals surface area (Å²) in [5.41, 5.74) is -0.138. The summed E-state index contributed by atoms with van der Waals surface area (Å²) in [4.78, 5) is 10.7. The van der Waals surface area contributed by atoms with Crippen molar-refractivity contribution in [2.75, 3.05) is 20.8 Å². The smallest absolute Gasteiger partial charge is 0.216 e. The minimum Gasteiger partial charge on any atom is -0.493 e. The normalized spacial score (nSPS) is 13.5. The molecule has 0 aliphatic carbocycles. The first kappa shape index (κ1) is 16.2. The fourth-order valence-corrected chi connectivity index (χ4v) is 1.66. The molecular weight excluding hydrogens is 269 g/mol. The van der Waals surface area contributed by atoms with Gasteiger partial charge in [0.1, 0.15) is 18.0 Å². The van der Waals surface area contributed by atoms with Crippen molar-refractivity contribution in [1.82, 2.24) is 5.32 Å². The molecule has 20 heavy (non-hydrogen) atoms. The van der Waals surface area contributed by atoms with Crippen molar-refractivity contribution in [1.29, 1.82) is 0 Å². The highest BCUT2D eigenvalue weighted by Gasteiger charge is 2.24. The molecule has 7 heteroatoms. The lowest BCUT2D eigenvalue weighted by molar-refractivity contribution is -0.119. The summed E-state index contributed by atoms with van der Waals surface area (Å²) in [5.74, 6) is -0.687. The van der Waals surface area contributed by atoms with Crippen LogP contribution in [0, 0.1) is 5.82 Å². The van der Waals surface area contributed by atoms with Gasteiger partial charge in [-0.25, -0.2) is 4.39 Å². The SMILES string of the molecule is COc1cc(F)c(C(O)C(O)CNC(C)=O)cc1OC. The Labute approximate surface area is 116 Å². The lowest BCUT2D eigenvalue weighted by Crippen LogP contribution is -2.34. The Bertz CT molecular complexity index is 480. The molecule has 0 aliphatic heterocycles. The Balaban J connectivity index is 2.97. The van der Waals surface area contributed by atoms with Gasteiger partial charge in [-0.05, 0) is 6.07 Å². The van der Waals surface area contributed by atoms with Gasteiger partial charge < -0.3 is 25.0 Å². The van der Waals surface area contributed by atoms with Gasteiger partial charge >= 0.3 is 0 Å². The molecule has 0 bridgehead atoms. The van der Waals surface area contributed by atoms with Crippen molar-refractivity contribution in [3.63, 3.8) is 0 Å². The van der Waals surface area contributed by atoms with E-state index >= 15 is 0 Å². The van der Waals surface area contributed by atoms with Crippen molar-refractivity contribution >= 4 is 5.91 Å². The number of benzene rings is 1. The third-order valence-corrected chi connectivity index (χ3v) is 2.75. The van der Waals surface area contributed by atoms with Gasteiger partial charge in [0, 0.05) is 25.1 Å². The second-order valence-electron chi connectivity index (χ2n) is 4.18. The van der Waals surface area contributed by atoms with Crippen LogP contribution in [0.5, 0.6) is 11.5 Å². The molecule has 0 saturated carbocycles. The predicted octanol–water partition coefficient (Wildman–Crippen LogP) is 0.373. The molecule has 0 radical (unpaired) electrons. The number of hydrogen-bond donors (Lipinski definition) is 3. The molecule has 0 saturated heterocycles. The molecule has 2 atom stereocenters.